The molecule has 0 spiro atoms. The Morgan fingerprint density at radius 1 is 1.19 bits per heavy atom. The lowest BCUT2D eigenvalue weighted by molar-refractivity contribution is -0.136. The molecule has 36 heavy (non-hydrogen) atoms. The molecule has 5 aliphatic rings. The van der Waals surface area contributed by atoms with E-state index in [1.807, 2.05) is 4.90 Å². The summed E-state index contributed by atoms with van der Waals surface area (Å²) >= 11 is 0. The number of anilines is 2. The Labute approximate surface area is 210 Å². The van der Waals surface area contributed by atoms with Gasteiger partial charge in [0.2, 0.25) is 5.95 Å². The minimum absolute atomic E-state index is 0.0312. The molecule has 1 saturated heterocycles. The van der Waals surface area contributed by atoms with Gasteiger partial charge in [-0.3, -0.25) is 4.79 Å². The molecule has 2 N–H and O–H groups in total. The van der Waals surface area contributed by atoms with E-state index in [0.29, 0.717) is 60.5 Å². The van der Waals surface area contributed by atoms with E-state index in [-0.39, 0.29) is 23.8 Å². The highest BCUT2D eigenvalue weighted by Gasteiger charge is 2.55. The second-order valence-electron chi connectivity index (χ2n) is 11.2. The number of amides is 1. The lowest BCUT2D eigenvalue weighted by Gasteiger charge is -2.58. The van der Waals surface area contributed by atoms with Crippen LogP contribution in [-0.4, -0.2) is 65.4 Å². The summed E-state index contributed by atoms with van der Waals surface area (Å²) in [4.78, 5) is 26.4. The normalized spacial score (nSPS) is 33.1. The summed E-state index contributed by atoms with van der Waals surface area (Å²) in [6, 6.07) is 6.72. The largest absolute Gasteiger partial charge is 0.497 e. The molecule has 1 aromatic carbocycles. The molecule has 3 atom stereocenters. The van der Waals surface area contributed by atoms with Crippen molar-refractivity contribution >= 4 is 17.5 Å². The molecular formula is C27H34FN5O3. The van der Waals surface area contributed by atoms with E-state index in [1.54, 1.807) is 24.4 Å². The minimum atomic E-state index is -0.521. The number of carbonyl (C=O) groups is 1. The summed E-state index contributed by atoms with van der Waals surface area (Å²) in [6.45, 7) is 3.90. The van der Waals surface area contributed by atoms with Crippen LogP contribution in [0.4, 0.5) is 16.0 Å². The maximum atomic E-state index is 14.6. The standard InChI is InChI=1S/C27H34FN5O3/c1-16-15-32(23-4-3-20(36-2)11-21(23)28)7-8-33(16)26-29-6-5-22(30-26)25(34)31-24-18-9-17-10-19(24)14-27(35,12-17)13-18/h3-6,11,16-19,24,35H,7-10,12-15H2,1-2H3,(H,31,34)/t16-,17?,18?,19?,24-,27-/m1/s1. The van der Waals surface area contributed by atoms with Crippen LogP contribution in [0.5, 0.6) is 5.75 Å². The molecule has 2 unspecified atom stereocenters. The van der Waals surface area contributed by atoms with Gasteiger partial charge in [0.1, 0.15) is 17.3 Å². The van der Waals surface area contributed by atoms with Crippen molar-refractivity contribution in [1.29, 1.82) is 0 Å². The maximum absolute atomic E-state index is 14.6. The van der Waals surface area contributed by atoms with E-state index in [9.17, 15) is 14.3 Å². The summed E-state index contributed by atoms with van der Waals surface area (Å²) in [5, 5.41) is 14.1. The zero-order valence-corrected chi connectivity index (χ0v) is 20.9. The van der Waals surface area contributed by atoms with Gasteiger partial charge in [0.15, 0.2) is 0 Å². The van der Waals surface area contributed by atoms with Gasteiger partial charge in [-0.05, 0) is 75.0 Å². The highest BCUT2D eigenvalue weighted by molar-refractivity contribution is 5.92. The van der Waals surface area contributed by atoms with Gasteiger partial charge in [-0.15, -0.1) is 0 Å². The molecule has 4 aliphatic carbocycles. The van der Waals surface area contributed by atoms with Gasteiger partial charge in [-0.1, -0.05) is 0 Å². The number of rotatable bonds is 5. The van der Waals surface area contributed by atoms with E-state index in [0.717, 1.165) is 32.1 Å². The summed E-state index contributed by atoms with van der Waals surface area (Å²) < 4.78 is 19.7. The fourth-order valence-electron chi connectivity index (χ4n) is 7.40. The lowest BCUT2D eigenvalue weighted by Crippen LogP contribution is -2.61. The fraction of sp³-hybridized carbons (Fsp3) is 0.593. The van der Waals surface area contributed by atoms with Crippen molar-refractivity contribution in [3.05, 3.63) is 42.0 Å². The van der Waals surface area contributed by atoms with Crippen molar-refractivity contribution in [2.45, 2.75) is 56.7 Å². The molecule has 4 saturated carbocycles. The van der Waals surface area contributed by atoms with Crippen molar-refractivity contribution in [2.75, 3.05) is 36.5 Å². The number of halogens is 1. The van der Waals surface area contributed by atoms with E-state index >= 15 is 0 Å². The third kappa shape index (κ3) is 4.17. The Kier molecular flexibility index (Phi) is 5.78. The molecule has 8 nitrogen and oxygen atoms in total. The summed E-state index contributed by atoms with van der Waals surface area (Å²) in [7, 11) is 1.52. The van der Waals surface area contributed by atoms with Crippen LogP contribution >= 0.6 is 0 Å². The van der Waals surface area contributed by atoms with Gasteiger partial charge in [0.25, 0.3) is 5.91 Å². The van der Waals surface area contributed by atoms with Crippen LogP contribution in [-0.2, 0) is 0 Å². The highest BCUT2D eigenvalue weighted by Crippen LogP contribution is 2.55. The number of methoxy groups -OCH3 is 1. The van der Waals surface area contributed by atoms with E-state index < -0.39 is 5.60 Å². The number of aromatic nitrogens is 2. The number of benzene rings is 1. The first kappa shape index (κ1) is 23.5. The first-order valence-corrected chi connectivity index (χ1v) is 13.0. The van der Waals surface area contributed by atoms with Crippen LogP contribution in [0.3, 0.4) is 0 Å². The van der Waals surface area contributed by atoms with E-state index in [1.165, 1.54) is 13.2 Å². The maximum Gasteiger partial charge on any atom is 0.270 e. The SMILES string of the molecule is COc1ccc(N2CCN(c3nccc(C(=O)N[C@H]4C5CC6CC4C[C@](O)(C6)C5)n3)[C@H](C)C2)c(F)c1. The van der Waals surface area contributed by atoms with Gasteiger partial charge >= 0.3 is 0 Å². The van der Waals surface area contributed by atoms with Gasteiger partial charge in [-0.2, -0.15) is 0 Å². The predicted octanol–water partition coefficient (Wildman–Crippen LogP) is 3.01. The number of aliphatic hydroxyl groups is 1. The van der Waals surface area contributed by atoms with Crippen molar-refractivity contribution < 1.29 is 19.0 Å². The molecule has 1 amide bonds. The highest BCUT2D eigenvalue weighted by atomic mass is 19.1. The second-order valence-corrected chi connectivity index (χ2v) is 11.2. The Balaban J connectivity index is 1.13. The average molecular weight is 496 g/mol. The van der Waals surface area contributed by atoms with Crippen LogP contribution in [0.15, 0.2) is 30.5 Å². The molecule has 2 heterocycles. The van der Waals surface area contributed by atoms with Gasteiger partial charge in [0.05, 0.1) is 18.4 Å². The monoisotopic (exact) mass is 495 g/mol. The zero-order valence-electron chi connectivity index (χ0n) is 20.9. The lowest BCUT2D eigenvalue weighted by atomic mass is 9.52. The van der Waals surface area contributed by atoms with Gasteiger partial charge < -0.3 is 25.0 Å². The number of nitrogens with zero attached hydrogens (tertiary/aromatic N) is 4. The first-order valence-electron chi connectivity index (χ1n) is 13.0. The van der Waals surface area contributed by atoms with Crippen LogP contribution in [0.2, 0.25) is 0 Å². The smallest absolute Gasteiger partial charge is 0.270 e. The second kappa shape index (κ2) is 8.87. The number of nitrogens with one attached hydrogen (secondary N) is 1. The number of ether oxygens (including phenoxy) is 1. The van der Waals surface area contributed by atoms with Crippen LogP contribution in [0.1, 0.15) is 49.5 Å². The molecule has 2 aromatic rings. The third-order valence-electron chi connectivity index (χ3n) is 8.79. The number of hydrogen-bond acceptors (Lipinski definition) is 7. The third-order valence-corrected chi connectivity index (χ3v) is 8.79. The Hall–Kier alpha value is -2.94. The number of hydrogen-bond donors (Lipinski definition) is 2. The molecule has 192 valence electrons. The molecule has 9 heteroatoms. The van der Waals surface area contributed by atoms with Gasteiger partial charge in [0, 0.05) is 44.0 Å². The molecule has 5 fully saturated rings. The van der Waals surface area contributed by atoms with Crippen molar-refractivity contribution in [2.24, 2.45) is 17.8 Å². The molecule has 0 radical (unpaired) electrons. The zero-order chi connectivity index (χ0) is 25.0. The number of carbonyl (C=O) groups excluding carboxylic acids is 1. The van der Waals surface area contributed by atoms with Crippen LogP contribution in [0, 0.1) is 23.6 Å². The number of piperazine rings is 1. The van der Waals surface area contributed by atoms with E-state index in [4.69, 9.17) is 4.74 Å². The predicted molar refractivity (Wildman–Crippen MR) is 134 cm³/mol. The first-order chi connectivity index (χ1) is 17.3. The minimum Gasteiger partial charge on any atom is -0.497 e. The molecule has 1 aromatic heterocycles. The molecule has 7 rings (SSSR count). The topological polar surface area (TPSA) is 90.8 Å². The molecule has 4 bridgehead atoms. The van der Waals surface area contributed by atoms with Crippen LogP contribution in [0.25, 0.3) is 0 Å². The van der Waals surface area contributed by atoms with Crippen LogP contribution < -0.4 is 19.9 Å². The van der Waals surface area contributed by atoms with Crippen molar-refractivity contribution in [3.63, 3.8) is 0 Å². The Morgan fingerprint density at radius 2 is 1.97 bits per heavy atom. The van der Waals surface area contributed by atoms with Gasteiger partial charge in [-0.25, -0.2) is 14.4 Å². The van der Waals surface area contributed by atoms with Crippen molar-refractivity contribution in [3.8, 4) is 5.75 Å². The molecule has 1 aliphatic heterocycles. The average Bonchev–Trinajstić information content (AvgIpc) is 2.85. The quantitative estimate of drug-likeness (QED) is 0.659. The summed E-state index contributed by atoms with van der Waals surface area (Å²) in [5.41, 5.74) is 0.396. The Bertz CT molecular complexity index is 1150. The summed E-state index contributed by atoms with van der Waals surface area (Å²) in [5.74, 6) is 1.82. The van der Waals surface area contributed by atoms with Crippen molar-refractivity contribution in [1.82, 2.24) is 15.3 Å². The molecular weight excluding hydrogens is 461 g/mol. The van der Waals surface area contributed by atoms with E-state index in [2.05, 4.69) is 27.1 Å². The fourth-order valence-corrected chi connectivity index (χ4v) is 7.40. The summed E-state index contributed by atoms with van der Waals surface area (Å²) in [6.07, 6.45) is 6.32. The Morgan fingerprint density at radius 3 is 2.64 bits per heavy atom.